The van der Waals surface area contributed by atoms with Crippen molar-refractivity contribution in [3.8, 4) is 0 Å². The lowest BCUT2D eigenvalue weighted by Gasteiger charge is -2.27. The molecular weight excluding hydrogens is 496 g/mol. The average molecular weight is 531 g/mol. The largest absolute Gasteiger partial charge is 0.356 e. The highest BCUT2D eigenvalue weighted by atomic mass is 35.5. The van der Waals surface area contributed by atoms with Crippen LogP contribution in [0.2, 0.25) is 5.02 Å². The van der Waals surface area contributed by atoms with Crippen LogP contribution in [-0.4, -0.2) is 34.0 Å². The van der Waals surface area contributed by atoms with Crippen LogP contribution in [0, 0.1) is 0 Å². The molecule has 1 N–H and O–H groups in total. The Hall–Kier alpha value is -3.64. The first kappa shape index (κ1) is 27.4. The van der Waals surface area contributed by atoms with Gasteiger partial charge in [0.1, 0.15) is 12.4 Å². The number of carbonyl (C=O) groups excluding carboxylic acids is 2. The van der Waals surface area contributed by atoms with Gasteiger partial charge in [-0.3, -0.25) is 9.59 Å². The first-order chi connectivity index (χ1) is 18.4. The zero-order valence-electron chi connectivity index (χ0n) is 22.1. The highest BCUT2D eigenvalue weighted by Crippen LogP contribution is 2.21. The summed E-state index contributed by atoms with van der Waals surface area (Å²) in [5.41, 5.74) is 3.61. The van der Waals surface area contributed by atoms with Gasteiger partial charge in [-0.2, -0.15) is 0 Å². The highest BCUT2D eigenvalue weighted by Gasteiger charge is 2.21. The molecule has 2 amide bonds. The van der Waals surface area contributed by atoms with Crippen LogP contribution in [0.25, 0.3) is 11.0 Å². The summed E-state index contributed by atoms with van der Waals surface area (Å²) in [5.74, 6) is 0.933. The van der Waals surface area contributed by atoms with E-state index in [4.69, 9.17) is 16.6 Å². The lowest BCUT2D eigenvalue weighted by Crippen LogP contribution is -2.39. The molecule has 0 radical (unpaired) electrons. The van der Waals surface area contributed by atoms with Crippen molar-refractivity contribution in [1.29, 1.82) is 0 Å². The number of carbonyl (C=O) groups is 2. The van der Waals surface area contributed by atoms with Crippen LogP contribution in [0.4, 0.5) is 5.69 Å². The molecular formula is C31H35ClN4O2. The van der Waals surface area contributed by atoms with E-state index in [1.54, 1.807) is 6.07 Å². The maximum atomic E-state index is 13.5. The number of hydrogen-bond acceptors (Lipinski definition) is 3. The second-order valence-electron chi connectivity index (χ2n) is 9.72. The molecule has 0 bridgehead atoms. The number of halogens is 1. The Bertz CT molecular complexity index is 1370. The highest BCUT2D eigenvalue weighted by molar-refractivity contribution is 6.31. The van der Waals surface area contributed by atoms with E-state index in [1.807, 2.05) is 91.5 Å². The Kier molecular flexibility index (Phi) is 9.55. The maximum absolute atomic E-state index is 13.5. The summed E-state index contributed by atoms with van der Waals surface area (Å²) in [6, 6.07) is 25.2. The molecule has 198 valence electrons. The van der Waals surface area contributed by atoms with Gasteiger partial charge in [0.15, 0.2) is 0 Å². The molecule has 0 aliphatic rings. The average Bonchev–Trinajstić information content (AvgIpc) is 3.25. The molecule has 0 atom stereocenters. The summed E-state index contributed by atoms with van der Waals surface area (Å²) >= 11 is 6.15. The molecule has 38 heavy (non-hydrogen) atoms. The summed E-state index contributed by atoms with van der Waals surface area (Å²) in [6.07, 6.45) is 3.80. The number of fused-ring (bicyclic) bond motifs is 1. The topological polar surface area (TPSA) is 67.2 Å². The van der Waals surface area contributed by atoms with Crippen LogP contribution in [-0.2, 0) is 29.0 Å². The van der Waals surface area contributed by atoms with Crippen LogP contribution in [0.15, 0.2) is 78.9 Å². The SMILES string of the molecule is CC(C)N(C(=O)Cn1c(CCCCCNC(=O)Cc2ccccc2Cl)nc2ccccc21)c1ccccc1. The van der Waals surface area contributed by atoms with Crippen molar-refractivity contribution in [3.05, 3.63) is 95.3 Å². The molecule has 0 spiro atoms. The number of nitrogens with zero attached hydrogens (tertiary/aromatic N) is 3. The molecule has 6 nitrogen and oxygen atoms in total. The zero-order valence-corrected chi connectivity index (χ0v) is 22.8. The van der Waals surface area contributed by atoms with E-state index in [0.29, 0.717) is 11.6 Å². The van der Waals surface area contributed by atoms with E-state index in [-0.39, 0.29) is 30.8 Å². The van der Waals surface area contributed by atoms with Gasteiger partial charge in [0.05, 0.1) is 17.5 Å². The number of unbranched alkanes of at least 4 members (excludes halogenated alkanes) is 2. The fraction of sp³-hybridized carbons (Fsp3) is 0.323. The Labute approximate surface area is 229 Å². The number of amides is 2. The zero-order chi connectivity index (χ0) is 26.9. The molecule has 0 saturated carbocycles. The van der Waals surface area contributed by atoms with Crippen molar-refractivity contribution in [1.82, 2.24) is 14.9 Å². The van der Waals surface area contributed by atoms with Crippen LogP contribution in [0.3, 0.4) is 0 Å². The quantitative estimate of drug-likeness (QED) is 0.222. The number of para-hydroxylation sites is 3. The van der Waals surface area contributed by atoms with Crippen molar-refractivity contribution in [2.45, 2.75) is 58.5 Å². The third kappa shape index (κ3) is 7.01. The van der Waals surface area contributed by atoms with Gasteiger partial charge in [0.25, 0.3) is 0 Å². The van der Waals surface area contributed by atoms with Gasteiger partial charge in [0, 0.05) is 29.7 Å². The van der Waals surface area contributed by atoms with E-state index in [1.165, 1.54) is 0 Å². The summed E-state index contributed by atoms with van der Waals surface area (Å²) in [4.78, 5) is 32.5. The first-order valence-corrected chi connectivity index (χ1v) is 13.6. The molecule has 3 aromatic carbocycles. The van der Waals surface area contributed by atoms with E-state index in [2.05, 4.69) is 9.88 Å². The lowest BCUT2D eigenvalue weighted by molar-refractivity contribution is -0.120. The standard InChI is InChI=1S/C31H35ClN4O2/c1-23(2)36(25-14-5-3-6-15-25)31(38)22-35-28-18-11-10-17-27(28)34-29(35)19-7-4-12-20-33-30(37)21-24-13-8-9-16-26(24)32/h3,5-6,8-11,13-18,23H,4,7,12,19-22H2,1-2H3,(H,33,37). The molecule has 1 aromatic heterocycles. The van der Waals surface area contributed by atoms with Crippen LogP contribution in [0.1, 0.15) is 44.5 Å². The number of aryl methyl sites for hydroxylation is 1. The van der Waals surface area contributed by atoms with Crippen LogP contribution >= 0.6 is 11.6 Å². The molecule has 0 aliphatic carbocycles. The van der Waals surface area contributed by atoms with Crippen LogP contribution < -0.4 is 10.2 Å². The van der Waals surface area contributed by atoms with Crippen molar-refractivity contribution in [2.24, 2.45) is 0 Å². The Morgan fingerprint density at radius 1 is 0.921 bits per heavy atom. The minimum absolute atomic E-state index is 0.0217. The van der Waals surface area contributed by atoms with E-state index >= 15 is 0 Å². The summed E-state index contributed by atoms with van der Waals surface area (Å²) in [5, 5.41) is 3.60. The minimum Gasteiger partial charge on any atom is -0.356 e. The van der Waals surface area contributed by atoms with Gasteiger partial charge in [-0.1, -0.05) is 66.6 Å². The Balaban J connectivity index is 1.34. The van der Waals surface area contributed by atoms with Gasteiger partial charge in [-0.05, 0) is 62.6 Å². The molecule has 0 aliphatic heterocycles. The number of aromatic nitrogens is 2. The van der Waals surface area contributed by atoms with E-state index in [0.717, 1.165) is 53.8 Å². The molecule has 0 fully saturated rings. The third-order valence-electron chi connectivity index (χ3n) is 6.55. The van der Waals surface area contributed by atoms with Gasteiger partial charge in [-0.25, -0.2) is 4.98 Å². The number of imidazole rings is 1. The third-order valence-corrected chi connectivity index (χ3v) is 6.92. The summed E-state index contributed by atoms with van der Waals surface area (Å²) < 4.78 is 2.06. The van der Waals surface area contributed by atoms with Gasteiger partial charge >= 0.3 is 0 Å². The number of benzene rings is 3. The number of rotatable bonds is 12. The Morgan fingerprint density at radius 3 is 2.39 bits per heavy atom. The van der Waals surface area contributed by atoms with E-state index < -0.39 is 0 Å². The normalized spacial score (nSPS) is 11.2. The monoisotopic (exact) mass is 530 g/mol. The second-order valence-corrected chi connectivity index (χ2v) is 10.1. The number of hydrogen-bond donors (Lipinski definition) is 1. The molecule has 7 heteroatoms. The lowest BCUT2D eigenvalue weighted by atomic mass is 10.1. The molecule has 0 unspecified atom stereocenters. The number of anilines is 1. The predicted octanol–water partition coefficient (Wildman–Crippen LogP) is 6.20. The maximum Gasteiger partial charge on any atom is 0.247 e. The number of nitrogens with one attached hydrogen (secondary N) is 1. The second kappa shape index (κ2) is 13.2. The Morgan fingerprint density at radius 2 is 1.63 bits per heavy atom. The summed E-state index contributed by atoms with van der Waals surface area (Å²) in [7, 11) is 0. The smallest absolute Gasteiger partial charge is 0.247 e. The first-order valence-electron chi connectivity index (χ1n) is 13.3. The summed E-state index contributed by atoms with van der Waals surface area (Å²) in [6.45, 7) is 4.93. The van der Waals surface area contributed by atoms with Crippen molar-refractivity contribution in [2.75, 3.05) is 11.4 Å². The molecule has 4 aromatic rings. The minimum atomic E-state index is -0.0217. The van der Waals surface area contributed by atoms with Gasteiger partial charge in [0.2, 0.25) is 11.8 Å². The predicted molar refractivity (Wildman–Crippen MR) is 155 cm³/mol. The fourth-order valence-corrected chi connectivity index (χ4v) is 4.92. The van der Waals surface area contributed by atoms with Crippen molar-refractivity contribution >= 4 is 40.1 Å². The van der Waals surface area contributed by atoms with Gasteiger partial charge in [-0.15, -0.1) is 0 Å². The van der Waals surface area contributed by atoms with Crippen LogP contribution in [0.5, 0.6) is 0 Å². The van der Waals surface area contributed by atoms with Gasteiger partial charge < -0.3 is 14.8 Å². The fourth-order valence-electron chi connectivity index (χ4n) is 4.71. The van der Waals surface area contributed by atoms with Crippen molar-refractivity contribution < 1.29 is 9.59 Å². The molecule has 0 saturated heterocycles. The molecule has 1 heterocycles. The molecule has 4 rings (SSSR count). The van der Waals surface area contributed by atoms with E-state index in [9.17, 15) is 9.59 Å². The van der Waals surface area contributed by atoms with Crippen molar-refractivity contribution in [3.63, 3.8) is 0 Å².